The molecule has 0 radical (unpaired) electrons. The van der Waals surface area contributed by atoms with Crippen LogP contribution in [0.2, 0.25) is 0 Å². The molecule has 3 amide bonds. The molecule has 1 aromatic heterocycles. The minimum absolute atomic E-state index is 0.0254. The minimum Gasteiger partial charge on any atom is -0.448 e. The Bertz CT molecular complexity index is 1900. The summed E-state index contributed by atoms with van der Waals surface area (Å²) in [5.74, 6) is -1.13. The number of β-lactam (4-membered cyclic amide) rings is 1. The summed E-state index contributed by atoms with van der Waals surface area (Å²) in [6.45, 7) is -0.271. The predicted molar refractivity (Wildman–Crippen MR) is 179 cm³/mol. The molecule has 1 saturated heterocycles. The number of non-ortho nitro benzene ring substituents is 1. The molecule has 0 unspecified atom stereocenters. The highest BCUT2D eigenvalue weighted by atomic mass is 32.2. The zero-order valence-electron chi connectivity index (χ0n) is 26.2. The van der Waals surface area contributed by atoms with Crippen molar-refractivity contribution in [2.24, 2.45) is 7.05 Å². The van der Waals surface area contributed by atoms with Gasteiger partial charge in [0.2, 0.25) is 17.2 Å². The highest BCUT2D eigenvalue weighted by Gasteiger charge is 2.66. The SMILES string of the molecule is Cn1nnnc1SCC1=C(C(=O)OC(c2ccccc2)c2ccccc2)N2C(=O)[C@@](NC=O)(NC(=O)OCc3ccc([N+](=O)[O-])cc3)[C@H]2SC1. The minimum atomic E-state index is -1.95. The zero-order chi connectivity index (χ0) is 35.3. The number of ether oxygens (including phenoxy) is 2. The van der Waals surface area contributed by atoms with Gasteiger partial charge < -0.3 is 14.8 Å². The predicted octanol–water partition coefficient (Wildman–Crippen LogP) is 3.08. The Morgan fingerprint density at radius 3 is 2.34 bits per heavy atom. The first-order valence-corrected chi connectivity index (χ1v) is 17.0. The topological polar surface area (TPSA) is 201 Å². The van der Waals surface area contributed by atoms with Crippen LogP contribution >= 0.6 is 23.5 Å². The molecule has 256 valence electrons. The first-order chi connectivity index (χ1) is 24.2. The van der Waals surface area contributed by atoms with Crippen molar-refractivity contribution in [1.29, 1.82) is 0 Å². The maximum Gasteiger partial charge on any atom is 0.409 e. The second-order valence-corrected chi connectivity index (χ2v) is 13.0. The lowest BCUT2D eigenvalue weighted by molar-refractivity contribution is -0.384. The number of carbonyl (C=O) groups is 4. The van der Waals surface area contributed by atoms with Crippen molar-refractivity contribution < 1.29 is 33.6 Å². The number of hydrogen-bond acceptors (Lipinski definition) is 13. The first kappa shape index (κ1) is 34.1. The molecule has 6 rings (SSSR count). The van der Waals surface area contributed by atoms with E-state index in [1.807, 2.05) is 60.7 Å². The third-order valence-electron chi connectivity index (χ3n) is 7.83. The van der Waals surface area contributed by atoms with Crippen LogP contribution in [0.15, 0.2) is 101 Å². The van der Waals surface area contributed by atoms with Gasteiger partial charge in [-0.15, -0.1) is 16.9 Å². The van der Waals surface area contributed by atoms with Crippen LogP contribution in [0.3, 0.4) is 0 Å². The molecule has 2 aliphatic heterocycles. The molecular weight excluding hydrogens is 689 g/mol. The second-order valence-electron chi connectivity index (χ2n) is 11.0. The van der Waals surface area contributed by atoms with Gasteiger partial charge in [-0.25, -0.2) is 14.3 Å². The number of esters is 1. The van der Waals surface area contributed by atoms with E-state index in [0.29, 0.717) is 27.4 Å². The molecule has 4 aromatic rings. The van der Waals surface area contributed by atoms with Crippen LogP contribution in [0.4, 0.5) is 10.5 Å². The Morgan fingerprint density at radius 1 is 1.10 bits per heavy atom. The lowest BCUT2D eigenvalue weighted by Gasteiger charge is -2.56. The summed E-state index contributed by atoms with van der Waals surface area (Å²) in [5, 5.41) is 26.9. The number of rotatable bonds is 13. The third kappa shape index (κ3) is 6.88. The number of aromatic nitrogens is 4. The van der Waals surface area contributed by atoms with Gasteiger partial charge in [-0.2, -0.15) is 0 Å². The highest BCUT2D eigenvalue weighted by Crippen LogP contribution is 2.46. The smallest absolute Gasteiger partial charge is 0.409 e. The van der Waals surface area contributed by atoms with Gasteiger partial charge in [-0.05, 0) is 44.8 Å². The number of nitrogens with one attached hydrogen (secondary N) is 2. The normalized spacial score (nSPS) is 18.2. The van der Waals surface area contributed by atoms with Gasteiger partial charge in [0.1, 0.15) is 17.7 Å². The van der Waals surface area contributed by atoms with Gasteiger partial charge in [-0.3, -0.25) is 29.9 Å². The van der Waals surface area contributed by atoms with E-state index in [-0.39, 0.29) is 35.9 Å². The number of nitro benzene ring substituents is 1. The quantitative estimate of drug-likeness (QED) is 0.0389. The van der Waals surface area contributed by atoms with Crippen LogP contribution in [0, 0.1) is 10.1 Å². The van der Waals surface area contributed by atoms with Crippen LogP contribution in [0.25, 0.3) is 0 Å². The molecule has 16 nitrogen and oxygen atoms in total. The number of alkyl carbamates (subject to hydrolysis) is 1. The fourth-order valence-corrected chi connectivity index (χ4v) is 7.81. The molecule has 50 heavy (non-hydrogen) atoms. The van der Waals surface area contributed by atoms with Crippen LogP contribution in [0.1, 0.15) is 22.8 Å². The van der Waals surface area contributed by atoms with Crippen LogP contribution < -0.4 is 10.6 Å². The van der Waals surface area contributed by atoms with Gasteiger partial charge in [-0.1, -0.05) is 72.4 Å². The maximum atomic E-state index is 14.3. The number of fused-ring (bicyclic) bond motifs is 1. The van der Waals surface area contributed by atoms with E-state index < -0.39 is 40.0 Å². The van der Waals surface area contributed by atoms with Crippen molar-refractivity contribution in [3.8, 4) is 0 Å². The van der Waals surface area contributed by atoms with Crippen molar-refractivity contribution in [1.82, 2.24) is 35.7 Å². The Labute approximate surface area is 292 Å². The first-order valence-electron chi connectivity index (χ1n) is 14.9. The number of amides is 3. The lowest BCUT2D eigenvalue weighted by Crippen LogP contribution is -2.85. The van der Waals surface area contributed by atoms with Crippen LogP contribution in [-0.4, -0.2) is 77.0 Å². The number of nitro groups is 1. The van der Waals surface area contributed by atoms with Crippen molar-refractivity contribution in [3.63, 3.8) is 0 Å². The Hall–Kier alpha value is -5.75. The van der Waals surface area contributed by atoms with Crippen LogP contribution in [0.5, 0.6) is 0 Å². The molecule has 2 atom stereocenters. The monoisotopic (exact) mass is 716 g/mol. The number of aryl methyl sites for hydroxylation is 1. The van der Waals surface area contributed by atoms with Crippen molar-refractivity contribution in [3.05, 3.63) is 123 Å². The average Bonchev–Trinajstić information content (AvgIpc) is 3.56. The lowest BCUT2D eigenvalue weighted by atomic mass is 9.95. The average molecular weight is 717 g/mol. The van der Waals surface area contributed by atoms with E-state index in [2.05, 4.69) is 26.2 Å². The molecule has 3 aromatic carbocycles. The summed E-state index contributed by atoms with van der Waals surface area (Å²) in [5.41, 5.74) is 0.320. The summed E-state index contributed by atoms with van der Waals surface area (Å²) >= 11 is 2.48. The Kier molecular flexibility index (Phi) is 10.1. The van der Waals surface area contributed by atoms with Crippen LogP contribution in [-0.2, 0) is 37.5 Å². The molecule has 3 heterocycles. The van der Waals surface area contributed by atoms with Crippen molar-refractivity contribution in [2.75, 3.05) is 11.5 Å². The summed E-state index contributed by atoms with van der Waals surface area (Å²) < 4.78 is 12.9. The molecule has 2 aliphatic rings. The summed E-state index contributed by atoms with van der Waals surface area (Å²) in [7, 11) is 1.67. The Balaban J connectivity index is 1.27. The fourth-order valence-electron chi connectivity index (χ4n) is 5.40. The number of hydrogen-bond donors (Lipinski definition) is 2. The number of tetrazole rings is 1. The van der Waals surface area contributed by atoms with Gasteiger partial charge >= 0.3 is 12.1 Å². The molecule has 2 N–H and O–H groups in total. The van der Waals surface area contributed by atoms with Gasteiger partial charge in [0.15, 0.2) is 6.10 Å². The number of thioether (sulfide) groups is 2. The van der Waals surface area contributed by atoms with E-state index in [1.54, 1.807) is 7.05 Å². The van der Waals surface area contributed by atoms with E-state index in [0.717, 1.165) is 0 Å². The van der Waals surface area contributed by atoms with Crippen molar-refractivity contribution in [2.45, 2.75) is 28.9 Å². The molecular formula is C32H28N8O8S2. The maximum absolute atomic E-state index is 14.3. The summed E-state index contributed by atoms with van der Waals surface area (Å²) in [4.78, 5) is 64.7. The number of nitrogens with zero attached hydrogens (tertiary/aromatic N) is 6. The van der Waals surface area contributed by atoms with Crippen molar-refractivity contribution >= 4 is 53.6 Å². The zero-order valence-corrected chi connectivity index (χ0v) is 27.8. The van der Waals surface area contributed by atoms with E-state index in [1.165, 1.54) is 57.4 Å². The third-order valence-corrected chi connectivity index (χ3v) is 10.3. The summed E-state index contributed by atoms with van der Waals surface area (Å²) in [6.07, 6.45) is -1.57. The molecule has 1 fully saturated rings. The van der Waals surface area contributed by atoms with E-state index in [4.69, 9.17) is 9.47 Å². The molecule has 0 bridgehead atoms. The fraction of sp³-hybridized carbons (Fsp3) is 0.219. The Morgan fingerprint density at radius 2 is 1.76 bits per heavy atom. The second kappa shape index (κ2) is 14.8. The largest absolute Gasteiger partial charge is 0.448 e. The number of benzene rings is 3. The number of carbonyl (C=O) groups excluding carboxylic acids is 4. The summed E-state index contributed by atoms with van der Waals surface area (Å²) in [6, 6.07) is 23.7. The standard InChI is InChI=1S/C32H28N8O8S2/c1-38-30(35-36-37-38)50-18-23-17-49-29-32(33-19-41,34-31(44)47-16-20-12-14-24(15-13-20)40(45)46)28(43)39(29)25(23)27(42)48-26(21-8-4-2-5-9-21)22-10-6-3-7-11-22/h2-15,19,26,29H,16-18H2,1H3,(H,33,41)(H,34,44)/t29-,32-/m1/s1. The highest BCUT2D eigenvalue weighted by molar-refractivity contribution is 8.01. The van der Waals surface area contributed by atoms with E-state index >= 15 is 0 Å². The van der Waals surface area contributed by atoms with Gasteiger partial charge in [0, 0.05) is 30.7 Å². The van der Waals surface area contributed by atoms with Gasteiger partial charge in [0.25, 0.3) is 11.6 Å². The van der Waals surface area contributed by atoms with E-state index in [9.17, 15) is 29.3 Å². The molecule has 0 saturated carbocycles. The van der Waals surface area contributed by atoms with Gasteiger partial charge in [0.05, 0.1) is 4.92 Å². The molecule has 0 aliphatic carbocycles. The molecule has 18 heteroatoms. The molecule has 0 spiro atoms.